The molecule has 0 atom stereocenters. The highest BCUT2D eigenvalue weighted by Gasteiger charge is 2.13. The van der Waals surface area contributed by atoms with Crippen LogP contribution in [0.4, 0.5) is 0 Å². The Hall–Kier alpha value is -1.32. The molecule has 0 aromatic carbocycles. The van der Waals surface area contributed by atoms with Gasteiger partial charge in [0.2, 0.25) is 0 Å². The van der Waals surface area contributed by atoms with E-state index in [0.717, 1.165) is 18.7 Å². The van der Waals surface area contributed by atoms with Crippen molar-refractivity contribution >= 4 is 5.97 Å². The number of esters is 1. The molecule has 0 saturated heterocycles. The summed E-state index contributed by atoms with van der Waals surface area (Å²) in [7, 11) is 0. The van der Waals surface area contributed by atoms with E-state index in [-0.39, 0.29) is 5.97 Å². The molecule has 78 valence electrons. The molecule has 0 radical (unpaired) electrons. The van der Waals surface area contributed by atoms with E-state index in [9.17, 15) is 4.79 Å². The monoisotopic (exact) mass is 196 g/mol. The molecule has 0 aliphatic carbocycles. The van der Waals surface area contributed by atoms with Crippen molar-refractivity contribution in [3.8, 4) is 0 Å². The topological polar surface area (TPSA) is 44.1 Å². The molecule has 0 aliphatic rings. The summed E-state index contributed by atoms with van der Waals surface area (Å²) in [6.45, 7) is 6.86. The van der Waals surface area contributed by atoms with Crippen molar-refractivity contribution in [2.75, 3.05) is 6.61 Å². The molecule has 0 N–H and O–H groups in total. The Morgan fingerprint density at radius 3 is 2.86 bits per heavy atom. The third-order valence-electron chi connectivity index (χ3n) is 1.82. The molecule has 4 heteroatoms. The number of rotatable bonds is 4. The van der Waals surface area contributed by atoms with Gasteiger partial charge in [0.25, 0.3) is 0 Å². The zero-order chi connectivity index (χ0) is 10.6. The van der Waals surface area contributed by atoms with Crippen LogP contribution in [0.25, 0.3) is 0 Å². The molecule has 0 bridgehead atoms. The lowest BCUT2D eigenvalue weighted by Crippen LogP contribution is -2.13. The van der Waals surface area contributed by atoms with Crippen LogP contribution < -0.4 is 0 Å². The predicted octanol–water partition coefficient (Wildman–Crippen LogP) is 1.78. The normalized spacial score (nSPS) is 10.2. The second-order valence-corrected chi connectivity index (χ2v) is 3.11. The summed E-state index contributed by atoms with van der Waals surface area (Å²) in [5, 5.41) is 4.22. The number of aromatic nitrogens is 2. The van der Waals surface area contributed by atoms with Gasteiger partial charge in [0.05, 0.1) is 12.3 Å². The Morgan fingerprint density at radius 2 is 2.29 bits per heavy atom. The smallest absolute Gasteiger partial charge is 0.356 e. The number of ether oxygens (including phenoxy) is 1. The minimum Gasteiger partial charge on any atom is -0.461 e. The lowest BCUT2D eigenvalue weighted by molar-refractivity contribution is 0.0511. The van der Waals surface area contributed by atoms with Gasteiger partial charge in [-0.1, -0.05) is 6.92 Å². The van der Waals surface area contributed by atoms with E-state index >= 15 is 0 Å². The summed E-state index contributed by atoms with van der Waals surface area (Å²) in [5.41, 5.74) is 1.40. The molecule has 0 unspecified atom stereocenters. The summed E-state index contributed by atoms with van der Waals surface area (Å²) < 4.78 is 6.63. The number of hydrogen-bond acceptors (Lipinski definition) is 3. The van der Waals surface area contributed by atoms with Crippen LogP contribution in [0.3, 0.4) is 0 Å². The summed E-state index contributed by atoms with van der Waals surface area (Å²) in [4.78, 5) is 11.5. The molecular formula is C10H16N2O2. The zero-order valence-electron chi connectivity index (χ0n) is 8.91. The average Bonchev–Trinajstić information content (AvgIpc) is 2.48. The molecule has 1 heterocycles. The van der Waals surface area contributed by atoms with Crippen LogP contribution in [0, 0.1) is 6.92 Å². The number of carbonyl (C=O) groups is 1. The maximum absolute atomic E-state index is 11.5. The van der Waals surface area contributed by atoms with Crippen molar-refractivity contribution in [2.24, 2.45) is 0 Å². The van der Waals surface area contributed by atoms with Crippen molar-refractivity contribution < 1.29 is 9.53 Å². The Kier molecular flexibility index (Phi) is 3.68. The van der Waals surface area contributed by atoms with Gasteiger partial charge >= 0.3 is 5.97 Å². The Balaban J connectivity index is 2.88. The van der Waals surface area contributed by atoms with Gasteiger partial charge in [-0.3, -0.25) is 4.68 Å². The fraction of sp³-hybridized carbons (Fsp3) is 0.600. The Bertz CT molecular complexity index is 318. The second-order valence-electron chi connectivity index (χ2n) is 3.11. The van der Waals surface area contributed by atoms with Crippen molar-refractivity contribution in [3.05, 3.63) is 17.5 Å². The maximum Gasteiger partial charge on any atom is 0.356 e. The van der Waals surface area contributed by atoms with Gasteiger partial charge in [-0.25, -0.2) is 4.79 Å². The average molecular weight is 196 g/mol. The number of nitrogens with zero attached hydrogens (tertiary/aromatic N) is 2. The summed E-state index contributed by atoms with van der Waals surface area (Å²) in [6, 6.07) is 1.76. The molecular weight excluding hydrogens is 180 g/mol. The Labute approximate surface area is 83.9 Å². The highest BCUT2D eigenvalue weighted by Crippen LogP contribution is 2.06. The lowest BCUT2D eigenvalue weighted by Gasteiger charge is -2.04. The molecule has 0 spiro atoms. The zero-order valence-corrected chi connectivity index (χ0v) is 8.91. The van der Waals surface area contributed by atoms with Gasteiger partial charge in [0.1, 0.15) is 5.69 Å². The number of hydrogen-bond donors (Lipinski definition) is 0. The first-order valence-corrected chi connectivity index (χ1v) is 4.90. The first-order chi connectivity index (χ1) is 6.69. The molecule has 1 aromatic rings. The molecule has 1 aromatic heterocycles. The minimum absolute atomic E-state index is 0.290. The fourth-order valence-corrected chi connectivity index (χ4v) is 1.30. The van der Waals surface area contributed by atoms with Crippen molar-refractivity contribution in [1.29, 1.82) is 0 Å². The molecule has 1 rings (SSSR count). The van der Waals surface area contributed by atoms with Gasteiger partial charge in [-0.05, 0) is 26.3 Å². The molecule has 0 amide bonds. The highest BCUT2D eigenvalue weighted by atomic mass is 16.5. The Morgan fingerprint density at radius 1 is 1.57 bits per heavy atom. The third-order valence-corrected chi connectivity index (χ3v) is 1.82. The van der Waals surface area contributed by atoms with Gasteiger partial charge in [0.15, 0.2) is 0 Å². The SMILES string of the molecule is CCCn1nc(C)cc1C(=O)OCC. The first-order valence-electron chi connectivity index (χ1n) is 4.90. The van der Waals surface area contributed by atoms with Crippen molar-refractivity contribution in [3.63, 3.8) is 0 Å². The van der Waals surface area contributed by atoms with E-state index in [1.807, 2.05) is 13.8 Å². The van der Waals surface area contributed by atoms with Crippen LogP contribution in [0.2, 0.25) is 0 Å². The van der Waals surface area contributed by atoms with E-state index < -0.39 is 0 Å². The minimum atomic E-state index is -0.290. The molecule has 14 heavy (non-hydrogen) atoms. The van der Waals surface area contributed by atoms with Crippen molar-refractivity contribution in [1.82, 2.24) is 9.78 Å². The summed E-state index contributed by atoms with van der Waals surface area (Å²) in [5.74, 6) is -0.290. The molecule has 4 nitrogen and oxygen atoms in total. The molecule has 0 saturated carbocycles. The van der Waals surface area contributed by atoms with E-state index in [2.05, 4.69) is 5.10 Å². The van der Waals surface area contributed by atoms with Crippen LogP contribution in [-0.4, -0.2) is 22.4 Å². The summed E-state index contributed by atoms with van der Waals surface area (Å²) >= 11 is 0. The van der Waals surface area contributed by atoms with Gasteiger partial charge in [-0.15, -0.1) is 0 Å². The fourth-order valence-electron chi connectivity index (χ4n) is 1.30. The molecule has 0 fully saturated rings. The van der Waals surface area contributed by atoms with Crippen molar-refractivity contribution in [2.45, 2.75) is 33.7 Å². The highest BCUT2D eigenvalue weighted by molar-refractivity contribution is 5.87. The van der Waals surface area contributed by atoms with Crippen LogP contribution in [0.1, 0.15) is 36.5 Å². The quantitative estimate of drug-likeness (QED) is 0.689. The van der Waals surface area contributed by atoms with Crippen LogP contribution >= 0.6 is 0 Å². The van der Waals surface area contributed by atoms with E-state index in [1.165, 1.54) is 0 Å². The van der Waals surface area contributed by atoms with Crippen LogP contribution in [-0.2, 0) is 11.3 Å². The van der Waals surface area contributed by atoms with E-state index in [1.54, 1.807) is 17.7 Å². The third kappa shape index (κ3) is 2.34. The maximum atomic E-state index is 11.5. The van der Waals surface area contributed by atoms with Gasteiger partial charge < -0.3 is 4.74 Å². The van der Waals surface area contributed by atoms with Crippen LogP contribution in [0.5, 0.6) is 0 Å². The first kappa shape index (κ1) is 10.8. The summed E-state index contributed by atoms with van der Waals surface area (Å²) in [6.07, 6.45) is 0.952. The van der Waals surface area contributed by atoms with Gasteiger partial charge in [0, 0.05) is 6.54 Å². The lowest BCUT2D eigenvalue weighted by atomic mass is 10.3. The predicted molar refractivity (Wildman–Crippen MR) is 53.2 cm³/mol. The van der Waals surface area contributed by atoms with Gasteiger partial charge in [-0.2, -0.15) is 5.10 Å². The van der Waals surface area contributed by atoms with E-state index in [0.29, 0.717) is 12.3 Å². The number of carbonyl (C=O) groups excluding carboxylic acids is 1. The molecule has 0 aliphatic heterocycles. The second kappa shape index (κ2) is 4.79. The largest absolute Gasteiger partial charge is 0.461 e. The number of aryl methyl sites for hydroxylation is 2. The standard InChI is InChI=1S/C10H16N2O2/c1-4-6-12-9(7-8(3)11-12)10(13)14-5-2/h7H,4-6H2,1-3H3. The van der Waals surface area contributed by atoms with E-state index in [4.69, 9.17) is 4.74 Å². The van der Waals surface area contributed by atoms with Crippen LogP contribution in [0.15, 0.2) is 6.07 Å².